The van der Waals surface area contributed by atoms with Gasteiger partial charge >= 0.3 is 6.09 Å². The van der Waals surface area contributed by atoms with E-state index in [2.05, 4.69) is 10.6 Å². The lowest BCUT2D eigenvalue weighted by Gasteiger charge is -2.25. The van der Waals surface area contributed by atoms with Crippen LogP contribution in [0.4, 0.5) is 4.79 Å². The van der Waals surface area contributed by atoms with E-state index in [9.17, 15) is 4.79 Å². The molecule has 1 aliphatic carbocycles. The molecule has 1 saturated heterocycles. The van der Waals surface area contributed by atoms with Crippen LogP contribution < -0.4 is 10.6 Å². The molecule has 16 heavy (non-hydrogen) atoms. The summed E-state index contributed by atoms with van der Waals surface area (Å²) in [6.07, 6.45) is 2.06. The van der Waals surface area contributed by atoms with Crippen molar-refractivity contribution >= 4 is 6.09 Å². The van der Waals surface area contributed by atoms with Crippen molar-refractivity contribution in [3.05, 3.63) is 0 Å². The number of carbonyl (C=O) groups excluding carboxylic acids is 1. The fourth-order valence-electron chi connectivity index (χ4n) is 2.74. The van der Waals surface area contributed by atoms with Gasteiger partial charge in [-0.15, -0.1) is 0 Å². The van der Waals surface area contributed by atoms with Gasteiger partial charge in [0, 0.05) is 6.04 Å². The molecule has 0 aromatic heterocycles. The number of amides is 1. The van der Waals surface area contributed by atoms with Gasteiger partial charge in [0.1, 0.15) is 5.60 Å². The number of ether oxygens (including phenoxy) is 1. The highest BCUT2D eigenvalue weighted by atomic mass is 16.6. The van der Waals surface area contributed by atoms with Gasteiger partial charge < -0.3 is 15.4 Å². The third-order valence-corrected chi connectivity index (χ3v) is 3.33. The van der Waals surface area contributed by atoms with E-state index in [1.807, 2.05) is 20.8 Å². The average molecular weight is 226 g/mol. The summed E-state index contributed by atoms with van der Waals surface area (Å²) in [6.45, 7) is 7.80. The zero-order chi connectivity index (χ0) is 11.8. The molecule has 2 fully saturated rings. The minimum atomic E-state index is -0.407. The predicted octanol–water partition coefficient (Wildman–Crippen LogP) is 1.51. The number of rotatable bonds is 1. The van der Waals surface area contributed by atoms with Crippen molar-refractivity contribution < 1.29 is 9.53 Å². The van der Waals surface area contributed by atoms with E-state index in [-0.39, 0.29) is 6.09 Å². The summed E-state index contributed by atoms with van der Waals surface area (Å²) in [7, 11) is 0. The van der Waals surface area contributed by atoms with Crippen molar-refractivity contribution in [2.75, 3.05) is 13.1 Å². The lowest BCUT2D eigenvalue weighted by atomic mass is 10.00. The standard InChI is InChI=1S/C12H22N2O2/c1-12(2,3)16-11(15)14-10-5-8-4-9(10)7-13-6-8/h8-10,13H,4-7H2,1-3H3,(H,14,15)/t8-,9-,10-/m0/s1. The zero-order valence-corrected chi connectivity index (χ0v) is 10.4. The molecule has 1 saturated carbocycles. The van der Waals surface area contributed by atoms with Crippen molar-refractivity contribution in [1.82, 2.24) is 10.6 Å². The Morgan fingerprint density at radius 1 is 1.31 bits per heavy atom. The summed E-state index contributed by atoms with van der Waals surface area (Å²) >= 11 is 0. The number of alkyl carbamates (subject to hydrolysis) is 1. The van der Waals surface area contributed by atoms with Crippen molar-refractivity contribution in [2.24, 2.45) is 11.8 Å². The van der Waals surface area contributed by atoms with E-state index < -0.39 is 5.60 Å². The fraction of sp³-hybridized carbons (Fsp3) is 0.917. The van der Waals surface area contributed by atoms with Crippen molar-refractivity contribution in [3.8, 4) is 0 Å². The van der Waals surface area contributed by atoms with E-state index in [1.165, 1.54) is 6.42 Å². The van der Waals surface area contributed by atoms with E-state index in [1.54, 1.807) is 0 Å². The van der Waals surface area contributed by atoms with Crippen LogP contribution in [0.5, 0.6) is 0 Å². The Morgan fingerprint density at radius 3 is 2.69 bits per heavy atom. The minimum Gasteiger partial charge on any atom is -0.444 e. The Bertz CT molecular complexity index is 273. The van der Waals surface area contributed by atoms with Crippen LogP contribution in [0.3, 0.4) is 0 Å². The van der Waals surface area contributed by atoms with Crippen LogP contribution >= 0.6 is 0 Å². The van der Waals surface area contributed by atoms with Crippen LogP contribution in [0.1, 0.15) is 33.6 Å². The van der Waals surface area contributed by atoms with Crippen LogP contribution in [0.15, 0.2) is 0 Å². The second-order valence-electron chi connectivity index (χ2n) is 6.01. The summed E-state index contributed by atoms with van der Waals surface area (Å²) in [5.74, 6) is 1.32. The average Bonchev–Trinajstić information content (AvgIpc) is 2.38. The molecule has 2 rings (SSSR count). The molecule has 1 heterocycles. The smallest absolute Gasteiger partial charge is 0.407 e. The van der Waals surface area contributed by atoms with Crippen molar-refractivity contribution in [2.45, 2.75) is 45.3 Å². The second kappa shape index (κ2) is 4.24. The van der Waals surface area contributed by atoms with Crippen LogP contribution in [0.25, 0.3) is 0 Å². The van der Waals surface area contributed by atoms with Crippen molar-refractivity contribution in [3.63, 3.8) is 0 Å². The number of hydrogen-bond acceptors (Lipinski definition) is 3. The highest BCUT2D eigenvalue weighted by Gasteiger charge is 2.38. The first-order chi connectivity index (χ1) is 7.44. The lowest BCUT2D eigenvalue weighted by molar-refractivity contribution is 0.0494. The molecule has 0 unspecified atom stereocenters. The molecule has 2 bridgehead atoms. The fourth-order valence-corrected chi connectivity index (χ4v) is 2.74. The molecule has 1 amide bonds. The topological polar surface area (TPSA) is 50.4 Å². The van der Waals surface area contributed by atoms with E-state index in [4.69, 9.17) is 4.74 Å². The molecule has 0 spiro atoms. The molecule has 0 radical (unpaired) electrons. The van der Waals surface area contributed by atoms with Gasteiger partial charge in [-0.2, -0.15) is 0 Å². The Balaban J connectivity index is 1.84. The van der Waals surface area contributed by atoms with Gasteiger partial charge in [-0.1, -0.05) is 0 Å². The highest BCUT2D eigenvalue weighted by Crippen LogP contribution is 2.33. The largest absolute Gasteiger partial charge is 0.444 e. The Kier molecular flexibility index (Phi) is 3.10. The molecule has 0 aromatic carbocycles. The second-order valence-corrected chi connectivity index (χ2v) is 6.01. The molecule has 0 aromatic rings. The molecule has 4 nitrogen and oxygen atoms in total. The first-order valence-electron chi connectivity index (χ1n) is 6.14. The Morgan fingerprint density at radius 2 is 2.06 bits per heavy atom. The number of nitrogens with one attached hydrogen (secondary N) is 2. The van der Waals surface area contributed by atoms with Gasteiger partial charge in [0.05, 0.1) is 0 Å². The first kappa shape index (κ1) is 11.7. The van der Waals surface area contributed by atoms with E-state index >= 15 is 0 Å². The number of hydrogen-bond donors (Lipinski definition) is 2. The quantitative estimate of drug-likeness (QED) is 0.712. The Labute approximate surface area is 97.1 Å². The summed E-state index contributed by atoms with van der Waals surface area (Å²) < 4.78 is 5.28. The number of carbonyl (C=O) groups is 1. The summed E-state index contributed by atoms with van der Waals surface area (Å²) in [6, 6.07) is 0.301. The maximum atomic E-state index is 11.6. The molecular formula is C12H22N2O2. The molecule has 92 valence electrons. The van der Waals surface area contributed by atoms with Crippen molar-refractivity contribution in [1.29, 1.82) is 0 Å². The Hall–Kier alpha value is -0.770. The van der Waals surface area contributed by atoms with Crippen LogP contribution in [0, 0.1) is 11.8 Å². The lowest BCUT2D eigenvalue weighted by Crippen LogP contribution is -2.43. The molecule has 2 aliphatic rings. The predicted molar refractivity (Wildman–Crippen MR) is 62.2 cm³/mol. The molecule has 2 N–H and O–H groups in total. The van der Waals surface area contributed by atoms with Crippen LogP contribution in [-0.2, 0) is 4.74 Å². The summed E-state index contributed by atoms with van der Waals surface area (Å²) in [5.41, 5.74) is -0.407. The zero-order valence-electron chi connectivity index (χ0n) is 10.4. The molecule has 1 aliphatic heterocycles. The van der Waals surface area contributed by atoms with Crippen LogP contribution in [0.2, 0.25) is 0 Å². The van der Waals surface area contributed by atoms with Crippen LogP contribution in [-0.4, -0.2) is 30.8 Å². The van der Waals surface area contributed by atoms with Gasteiger partial charge in [0.2, 0.25) is 0 Å². The van der Waals surface area contributed by atoms with Gasteiger partial charge in [-0.3, -0.25) is 0 Å². The maximum Gasteiger partial charge on any atom is 0.407 e. The molecule has 3 atom stereocenters. The van der Waals surface area contributed by atoms with Gasteiger partial charge in [0.15, 0.2) is 0 Å². The summed E-state index contributed by atoms with van der Waals surface area (Å²) in [4.78, 5) is 11.6. The third kappa shape index (κ3) is 2.88. The maximum absolute atomic E-state index is 11.6. The number of fused-ring (bicyclic) bond motifs is 2. The van der Waals surface area contributed by atoms with Gasteiger partial charge in [0.25, 0.3) is 0 Å². The normalized spacial score (nSPS) is 33.6. The third-order valence-electron chi connectivity index (χ3n) is 3.33. The van der Waals surface area contributed by atoms with E-state index in [0.29, 0.717) is 12.0 Å². The first-order valence-corrected chi connectivity index (χ1v) is 6.14. The SMILES string of the molecule is CC(C)(C)OC(=O)N[C@H]1C[C@H]2CNC[C@@H]1C2. The van der Waals surface area contributed by atoms with Gasteiger partial charge in [-0.05, 0) is 58.5 Å². The van der Waals surface area contributed by atoms with E-state index in [0.717, 1.165) is 25.4 Å². The minimum absolute atomic E-state index is 0.273. The highest BCUT2D eigenvalue weighted by molar-refractivity contribution is 5.68. The molecular weight excluding hydrogens is 204 g/mol. The molecule has 4 heteroatoms. The monoisotopic (exact) mass is 226 g/mol. The van der Waals surface area contributed by atoms with Gasteiger partial charge in [-0.25, -0.2) is 4.79 Å². The summed E-state index contributed by atoms with van der Waals surface area (Å²) in [5, 5.41) is 6.41. The number of piperidine rings is 1.